The van der Waals surface area contributed by atoms with Crippen molar-refractivity contribution >= 4 is 48.9 Å². The quantitative estimate of drug-likeness (QED) is 0.503. The van der Waals surface area contributed by atoms with Crippen LogP contribution in [-0.2, 0) is 19.8 Å². The zero-order valence-corrected chi connectivity index (χ0v) is 5.36. The van der Waals surface area contributed by atoms with Crippen LogP contribution in [0.4, 0.5) is 0 Å². The van der Waals surface area contributed by atoms with Crippen molar-refractivity contribution in [3.63, 3.8) is 0 Å². The Kier molecular flexibility index (Phi) is 64.0. The van der Waals surface area contributed by atoms with E-state index in [4.69, 9.17) is 3.83 Å². The minimum absolute atomic E-state index is 0. The average Bonchev–Trinajstić information content (AvgIpc) is 1.00. The van der Waals surface area contributed by atoms with Crippen molar-refractivity contribution in [3.05, 3.63) is 0 Å². The fourth-order valence-electron chi connectivity index (χ4n) is 0. The van der Waals surface area contributed by atoms with Gasteiger partial charge in [-0.05, 0) is 0 Å². The Hall–Kier alpha value is 3.24. The third-order valence-corrected chi connectivity index (χ3v) is 0. The maximum atomic E-state index is 7.81. The standard InChI is InChI=1S/Ba.Cu.Nd.O.2H. The molecule has 0 N–H and O–H groups in total. The van der Waals surface area contributed by atoms with Crippen LogP contribution in [0, 0.1) is 40.8 Å². The van der Waals surface area contributed by atoms with Crippen LogP contribution in [0.2, 0.25) is 0 Å². The first-order valence-corrected chi connectivity index (χ1v) is 0.508. The van der Waals surface area contributed by atoms with E-state index in [0.717, 1.165) is 0 Å². The molecular weight excluding hydrogens is 361 g/mol. The molecule has 0 amide bonds. The van der Waals surface area contributed by atoms with E-state index < -0.39 is 0 Å². The Labute approximate surface area is 106 Å². The van der Waals surface area contributed by atoms with Gasteiger partial charge in [-0.2, -0.15) is 0 Å². The molecule has 1 nitrogen and oxygen atoms in total. The zero-order valence-electron chi connectivity index (χ0n) is 1.21. The van der Waals surface area contributed by atoms with Crippen LogP contribution < -0.4 is 0 Å². The summed E-state index contributed by atoms with van der Waals surface area (Å²) in [5.74, 6) is 0. The molecule has 0 spiro atoms. The van der Waals surface area contributed by atoms with Crippen LogP contribution >= 0.6 is 0 Å². The molecule has 0 unspecified atom stereocenters. The molecule has 0 radical (unpaired) electrons. The van der Waals surface area contributed by atoms with Crippen LogP contribution in [0.1, 0.15) is 0 Å². The molecule has 4 heavy (non-hydrogen) atoms. The molecule has 0 aliphatic heterocycles. The molecule has 0 aliphatic rings. The molecule has 0 aromatic heterocycles. The first-order valence-electron chi connectivity index (χ1n) is 0.123. The maximum absolute atomic E-state index is 7.81. The van der Waals surface area contributed by atoms with Crippen LogP contribution in [0.25, 0.3) is 0 Å². The third-order valence-electron chi connectivity index (χ3n) is 0. The van der Waals surface area contributed by atoms with Crippen molar-refractivity contribution < 1.29 is 60.6 Å². The van der Waals surface area contributed by atoms with Crippen LogP contribution in [-0.4, -0.2) is 48.9 Å². The molecule has 4 heteroatoms. The molecule has 0 saturated carbocycles. The predicted octanol–water partition coefficient (Wildman–Crippen LogP) is -1.04. The molecule has 0 aliphatic carbocycles. The first kappa shape index (κ1) is 15.7. The van der Waals surface area contributed by atoms with E-state index >= 15 is 0 Å². The van der Waals surface area contributed by atoms with E-state index in [9.17, 15) is 0 Å². The van der Waals surface area contributed by atoms with Gasteiger partial charge in [0.25, 0.3) is 0 Å². The van der Waals surface area contributed by atoms with Gasteiger partial charge in [0.2, 0.25) is 0 Å². The van der Waals surface area contributed by atoms with E-state index in [1.54, 1.807) is 0 Å². The van der Waals surface area contributed by atoms with Gasteiger partial charge in [0.05, 0.1) is 0 Å². The SMILES string of the molecule is [BaH2].[Nd].[O]=[Cu]. The van der Waals surface area contributed by atoms with E-state index in [1.807, 2.05) is 0 Å². The molecule has 0 aromatic rings. The van der Waals surface area contributed by atoms with E-state index in [-0.39, 0.29) is 89.7 Å². The van der Waals surface area contributed by atoms with E-state index in [2.05, 4.69) is 15.9 Å². The Morgan fingerprint density at radius 3 is 1.25 bits per heavy atom. The molecule has 0 aromatic carbocycles. The summed E-state index contributed by atoms with van der Waals surface area (Å²) in [4.78, 5) is 0. The normalized spacial score (nSPS) is 1.50. The number of rotatable bonds is 0. The summed E-state index contributed by atoms with van der Waals surface area (Å²) in [5.41, 5.74) is 0. The van der Waals surface area contributed by atoms with Crippen molar-refractivity contribution in [3.8, 4) is 0 Å². The average molecular weight is 363 g/mol. The van der Waals surface area contributed by atoms with Gasteiger partial charge < -0.3 is 0 Å². The second-order valence-electron chi connectivity index (χ2n) is 0. The van der Waals surface area contributed by atoms with Gasteiger partial charge >= 0.3 is 68.7 Å². The summed E-state index contributed by atoms with van der Waals surface area (Å²) < 4.78 is 7.81. The Bertz CT molecular complexity index is 8.00. The third kappa shape index (κ3) is 8.97. The van der Waals surface area contributed by atoms with Gasteiger partial charge in [-0.15, -0.1) is 0 Å². The fraction of sp³-hybridized carbons (Fsp3) is 0. The number of hydrogen-bond donors (Lipinski definition) is 0. The second-order valence-corrected chi connectivity index (χ2v) is 0. The van der Waals surface area contributed by atoms with Gasteiger partial charge in [-0.3, -0.25) is 0 Å². The van der Waals surface area contributed by atoms with Gasteiger partial charge in [-0.25, -0.2) is 0 Å². The summed E-state index contributed by atoms with van der Waals surface area (Å²) in [6.45, 7) is 0. The van der Waals surface area contributed by atoms with Crippen LogP contribution in [0.15, 0.2) is 0 Å². The summed E-state index contributed by atoms with van der Waals surface area (Å²) in [6.07, 6.45) is 0. The Morgan fingerprint density at radius 1 is 1.25 bits per heavy atom. The van der Waals surface area contributed by atoms with Crippen LogP contribution in [0.3, 0.4) is 0 Å². The second kappa shape index (κ2) is 16.3. The monoisotopic (exact) mass is 361 g/mol. The summed E-state index contributed by atoms with van der Waals surface area (Å²) >= 11 is 2.94. The van der Waals surface area contributed by atoms with E-state index in [1.165, 1.54) is 0 Å². The van der Waals surface area contributed by atoms with Crippen molar-refractivity contribution in [1.82, 2.24) is 0 Å². The van der Waals surface area contributed by atoms with Crippen molar-refractivity contribution in [2.45, 2.75) is 0 Å². The van der Waals surface area contributed by atoms with Crippen molar-refractivity contribution in [1.29, 1.82) is 0 Å². The molecule has 25 valence electrons. The Morgan fingerprint density at radius 2 is 1.25 bits per heavy atom. The van der Waals surface area contributed by atoms with Crippen LogP contribution in [0.5, 0.6) is 0 Å². The summed E-state index contributed by atoms with van der Waals surface area (Å²) in [5, 5.41) is 0. The van der Waals surface area contributed by atoms with Gasteiger partial charge in [0, 0.05) is 40.8 Å². The topological polar surface area (TPSA) is 17.1 Å². The van der Waals surface area contributed by atoms with Gasteiger partial charge in [-0.1, -0.05) is 0 Å². The molecule has 0 saturated heterocycles. The van der Waals surface area contributed by atoms with E-state index in [0.29, 0.717) is 0 Å². The molecular formula is H2BaCuNdO. The fourth-order valence-corrected chi connectivity index (χ4v) is 0. The molecule has 0 atom stereocenters. The zero-order chi connectivity index (χ0) is 2.00. The molecule has 0 heterocycles. The summed E-state index contributed by atoms with van der Waals surface area (Å²) in [7, 11) is 0. The van der Waals surface area contributed by atoms with Gasteiger partial charge in [0.15, 0.2) is 0 Å². The van der Waals surface area contributed by atoms with Gasteiger partial charge in [0.1, 0.15) is 0 Å². The molecule has 0 rings (SSSR count). The number of hydrogen-bond acceptors (Lipinski definition) is 1. The first-order chi connectivity index (χ1) is 1.00. The molecule has 0 fully saturated rings. The Balaban J connectivity index is -0.00000000500. The van der Waals surface area contributed by atoms with Crippen molar-refractivity contribution in [2.75, 3.05) is 0 Å². The minimum atomic E-state index is 0. The summed E-state index contributed by atoms with van der Waals surface area (Å²) in [6, 6.07) is 0. The predicted molar refractivity (Wildman–Crippen MR) is 9.23 cm³/mol. The van der Waals surface area contributed by atoms with Crippen molar-refractivity contribution in [2.24, 2.45) is 0 Å². The molecule has 0 bridgehead atoms.